The molecule has 3 rings (SSSR count). The highest BCUT2D eigenvalue weighted by Crippen LogP contribution is 2.30. The molecule has 0 unspecified atom stereocenters. The zero-order valence-electron chi connectivity index (χ0n) is 11.8. The first-order chi connectivity index (χ1) is 10.5. The third-order valence-corrected chi connectivity index (χ3v) is 3.69. The van der Waals surface area contributed by atoms with Crippen LogP contribution < -0.4 is 0 Å². The Morgan fingerprint density at radius 3 is 2.86 bits per heavy atom. The van der Waals surface area contributed by atoms with Crippen LogP contribution in [0.2, 0.25) is 0 Å². The minimum atomic E-state index is -1.09. The van der Waals surface area contributed by atoms with Gasteiger partial charge in [0.15, 0.2) is 11.6 Å². The zero-order chi connectivity index (χ0) is 15.9. The van der Waals surface area contributed by atoms with Crippen molar-refractivity contribution in [1.82, 2.24) is 10.1 Å². The lowest BCUT2D eigenvalue weighted by atomic mass is 10.0. The summed E-state index contributed by atoms with van der Waals surface area (Å²) in [5, 5.41) is 13.3. The summed E-state index contributed by atoms with van der Waals surface area (Å²) >= 11 is 0. The first kappa shape index (κ1) is 14.6. The van der Waals surface area contributed by atoms with E-state index in [1.54, 1.807) is 0 Å². The molecule has 0 aliphatic carbocycles. The minimum absolute atomic E-state index is 0.219. The smallest absolute Gasteiger partial charge is 0.251 e. The van der Waals surface area contributed by atoms with Gasteiger partial charge in [0.2, 0.25) is 0 Å². The van der Waals surface area contributed by atoms with Crippen LogP contribution in [-0.2, 0) is 17.8 Å². The summed E-state index contributed by atoms with van der Waals surface area (Å²) in [5.41, 5.74) is 1.43. The van der Waals surface area contributed by atoms with E-state index < -0.39 is 17.7 Å². The van der Waals surface area contributed by atoms with Crippen molar-refractivity contribution in [3.63, 3.8) is 0 Å². The van der Waals surface area contributed by atoms with Gasteiger partial charge in [0.05, 0.1) is 6.54 Å². The van der Waals surface area contributed by atoms with E-state index in [1.165, 1.54) is 17.9 Å². The van der Waals surface area contributed by atoms with Gasteiger partial charge in [-0.3, -0.25) is 4.79 Å². The van der Waals surface area contributed by atoms with Crippen LogP contribution in [-0.4, -0.2) is 33.7 Å². The lowest BCUT2D eigenvalue weighted by Crippen LogP contribution is -2.40. The normalized spacial score (nSPS) is 15.5. The minimum Gasteiger partial charge on any atom is -0.384 e. The number of nitrogens with zero attached hydrogens (tertiary/aromatic N) is 2. The maximum atomic E-state index is 13.4. The average Bonchev–Trinajstić information content (AvgIpc) is 2.92. The molecular weight excluding hydrogens is 294 g/mol. The molecule has 7 heteroatoms. The van der Waals surface area contributed by atoms with Crippen molar-refractivity contribution in [3.8, 4) is 11.3 Å². The molecule has 0 bridgehead atoms. The van der Waals surface area contributed by atoms with E-state index in [2.05, 4.69) is 5.16 Å². The molecular formula is C15H14F2N2O3. The number of aliphatic hydroxyl groups is 1. The Labute approximate surface area is 125 Å². The van der Waals surface area contributed by atoms with Crippen LogP contribution in [0.15, 0.2) is 22.7 Å². The van der Waals surface area contributed by atoms with Gasteiger partial charge < -0.3 is 14.5 Å². The van der Waals surface area contributed by atoms with Crippen LogP contribution in [0.25, 0.3) is 11.3 Å². The van der Waals surface area contributed by atoms with E-state index in [9.17, 15) is 18.7 Å². The SMILES string of the molecule is C[C@@H](O)C(=O)N1CCc2onc(-c3ccc(F)c(F)c3)c2C1. The number of aliphatic hydroxyl groups excluding tert-OH is 1. The highest BCUT2D eigenvalue weighted by atomic mass is 19.2. The summed E-state index contributed by atoms with van der Waals surface area (Å²) < 4.78 is 31.7. The molecule has 0 fully saturated rings. The van der Waals surface area contributed by atoms with Gasteiger partial charge in [-0.2, -0.15) is 0 Å². The molecule has 1 N–H and O–H groups in total. The fraction of sp³-hybridized carbons (Fsp3) is 0.333. The van der Waals surface area contributed by atoms with Gasteiger partial charge in [0.1, 0.15) is 17.6 Å². The number of hydrogen-bond donors (Lipinski definition) is 1. The van der Waals surface area contributed by atoms with E-state index in [0.717, 1.165) is 12.1 Å². The number of carbonyl (C=O) groups is 1. The van der Waals surface area contributed by atoms with Gasteiger partial charge in [0.25, 0.3) is 5.91 Å². The van der Waals surface area contributed by atoms with Crippen molar-refractivity contribution in [3.05, 3.63) is 41.2 Å². The van der Waals surface area contributed by atoms with E-state index >= 15 is 0 Å². The predicted molar refractivity (Wildman–Crippen MR) is 72.7 cm³/mol. The van der Waals surface area contributed by atoms with E-state index in [-0.39, 0.29) is 12.5 Å². The number of halogens is 2. The second kappa shape index (κ2) is 5.49. The third-order valence-electron chi connectivity index (χ3n) is 3.69. The van der Waals surface area contributed by atoms with Crippen LogP contribution in [0, 0.1) is 11.6 Å². The summed E-state index contributed by atoms with van der Waals surface area (Å²) in [6.45, 7) is 2.04. The van der Waals surface area contributed by atoms with Crippen molar-refractivity contribution in [1.29, 1.82) is 0 Å². The summed E-state index contributed by atoms with van der Waals surface area (Å²) in [4.78, 5) is 13.4. The Morgan fingerprint density at radius 1 is 1.41 bits per heavy atom. The standard InChI is InChI=1S/C15H14F2N2O3/c1-8(20)15(21)19-5-4-13-10(7-19)14(18-22-13)9-2-3-11(16)12(17)6-9/h2-3,6,8,20H,4-5,7H2,1H3/t8-/m1/s1. The maximum absolute atomic E-state index is 13.4. The molecule has 5 nitrogen and oxygen atoms in total. The Morgan fingerprint density at radius 2 is 2.18 bits per heavy atom. The lowest BCUT2D eigenvalue weighted by Gasteiger charge is -2.27. The van der Waals surface area contributed by atoms with Crippen molar-refractivity contribution in [2.75, 3.05) is 6.54 Å². The first-order valence-corrected chi connectivity index (χ1v) is 6.87. The summed E-state index contributed by atoms with van der Waals surface area (Å²) in [6.07, 6.45) is -0.627. The molecule has 22 heavy (non-hydrogen) atoms. The molecule has 0 saturated carbocycles. The van der Waals surface area contributed by atoms with Crippen LogP contribution >= 0.6 is 0 Å². The first-order valence-electron chi connectivity index (χ1n) is 6.87. The summed E-state index contributed by atoms with van der Waals surface area (Å²) in [5.74, 6) is -1.67. The van der Waals surface area contributed by atoms with Crippen molar-refractivity contribution < 1.29 is 23.2 Å². The molecule has 1 atom stereocenters. The van der Waals surface area contributed by atoms with Crippen molar-refractivity contribution >= 4 is 5.91 Å². The van der Waals surface area contributed by atoms with Crippen LogP contribution in [0.3, 0.4) is 0 Å². The van der Waals surface area contributed by atoms with E-state index in [0.29, 0.717) is 35.5 Å². The Hall–Kier alpha value is -2.28. The van der Waals surface area contributed by atoms with Gasteiger partial charge in [-0.05, 0) is 25.1 Å². The second-order valence-electron chi connectivity index (χ2n) is 5.25. The number of fused-ring (bicyclic) bond motifs is 1. The highest BCUT2D eigenvalue weighted by molar-refractivity contribution is 5.80. The molecule has 116 valence electrons. The van der Waals surface area contributed by atoms with E-state index in [4.69, 9.17) is 4.52 Å². The fourth-order valence-electron chi connectivity index (χ4n) is 2.53. The maximum Gasteiger partial charge on any atom is 0.251 e. The number of rotatable bonds is 2. The van der Waals surface area contributed by atoms with E-state index in [1.807, 2.05) is 0 Å². The Bertz CT molecular complexity index is 728. The summed E-state index contributed by atoms with van der Waals surface area (Å²) in [7, 11) is 0. The van der Waals surface area contributed by atoms with Crippen LogP contribution in [0.5, 0.6) is 0 Å². The largest absolute Gasteiger partial charge is 0.384 e. The Kier molecular flexibility index (Phi) is 3.66. The molecule has 1 aromatic carbocycles. The van der Waals surface area contributed by atoms with Crippen LogP contribution in [0.4, 0.5) is 8.78 Å². The van der Waals surface area contributed by atoms with Gasteiger partial charge >= 0.3 is 0 Å². The van der Waals surface area contributed by atoms with Gasteiger partial charge in [0, 0.05) is 24.1 Å². The molecule has 1 aromatic heterocycles. The quantitative estimate of drug-likeness (QED) is 0.920. The molecule has 0 saturated heterocycles. The average molecular weight is 308 g/mol. The molecule has 1 amide bonds. The fourth-order valence-corrected chi connectivity index (χ4v) is 2.53. The number of aromatic nitrogens is 1. The number of benzene rings is 1. The summed E-state index contributed by atoms with van der Waals surface area (Å²) in [6, 6.07) is 3.47. The molecule has 0 spiro atoms. The molecule has 2 aromatic rings. The van der Waals surface area contributed by atoms with Gasteiger partial charge in [-0.25, -0.2) is 8.78 Å². The molecule has 1 aliphatic rings. The lowest BCUT2D eigenvalue weighted by molar-refractivity contribution is -0.140. The monoisotopic (exact) mass is 308 g/mol. The van der Waals surface area contributed by atoms with Crippen LogP contribution in [0.1, 0.15) is 18.2 Å². The van der Waals surface area contributed by atoms with Gasteiger partial charge in [-0.15, -0.1) is 0 Å². The highest BCUT2D eigenvalue weighted by Gasteiger charge is 2.29. The second-order valence-corrected chi connectivity index (χ2v) is 5.25. The number of amides is 1. The van der Waals surface area contributed by atoms with Gasteiger partial charge in [-0.1, -0.05) is 5.16 Å². The molecule has 1 aliphatic heterocycles. The number of hydrogen-bond acceptors (Lipinski definition) is 4. The number of carbonyl (C=O) groups excluding carboxylic acids is 1. The Balaban J connectivity index is 1.95. The zero-order valence-corrected chi connectivity index (χ0v) is 11.8. The topological polar surface area (TPSA) is 66.6 Å². The van der Waals surface area contributed by atoms with Crippen molar-refractivity contribution in [2.24, 2.45) is 0 Å². The predicted octanol–water partition coefficient (Wildman–Crippen LogP) is 1.89. The molecule has 2 heterocycles. The third kappa shape index (κ3) is 2.48. The van der Waals surface area contributed by atoms with Crippen molar-refractivity contribution in [2.45, 2.75) is 26.0 Å². The molecule has 0 radical (unpaired) electrons.